The summed E-state index contributed by atoms with van der Waals surface area (Å²) in [5.41, 5.74) is 0. The van der Waals surface area contributed by atoms with E-state index in [9.17, 15) is 102 Å². The van der Waals surface area contributed by atoms with Crippen LogP contribution in [0.4, 0.5) is 0 Å². The molecule has 6 aliphatic heterocycles. The zero-order chi connectivity index (χ0) is 49.3. The van der Waals surface area contributed by atoms with Crippen LogP contribution < -0.4 is 0 Å². The van der Waals surface area contributed by atoms with E-state index in [0.29, 0.717) is 0 Å². The molecule has 30 atom stereocenters. The number of hydrogen-bond acceptors (Lipinski definition) is 31. The fourth-order valence-electron chi connectivity index (χ4n) is 8.42. The molecule has 6 heterocycles. The summed E-state index contributed by atoms with van der Waals surface area (Å²) in [6, 6.07) is 0. The highest BCUT2D eigenvalue weighted by Gasteiger charge is 2.57. The van der Waals surface area contributed by atoms with E-state index in [0.717, 1.165) is 0 Å². The molecule has 0 spiro atoms. The van der Waals surface area contributed by atoms with Crippen LogP contribution in [0.1, 0.15) is 0 Å². The lowest BCUT2D eigenvalue weighted by molar-refractivity contribution is -0.395. The minimum atomic E-state index is -2.23. The van der Waals surface area contributed by atoms with Gasteiger partial charge in [-0.2, -0.15) is 0 Å². The quantitative estimate of drug-likeness (QED) is 0.0683. The van der Waals surface area contributed by atoms with Crippen LogP contribution in [0.25, 0.3) is 0 Å². The molecule has 0 amide bonds. The second-order valence-electron chi connectivity index (χ2n) is 16.8. The smallest absolute Gasteiger partial charge is 0.187 e. The molecule has 0 unspecified atom stereocenters. The van der Waals surface area contributed by atoms with Crippen LogP contribution >= 0.6 is 0 Å². The van der Waals surface area contributed by atoms with Gasteiger partial charge in [-0.3, -0.25) is 0 Å². The molecule has 6 aliphatic rings. The van der Waals surface area contributed by atoms with Gasteiger partial charge in [0.25, 0.3) is 0 Å². The highest BCUT2D eigenvalue weighted by atomic mass is 16.8. The Morgan fingerprint density at radius 2 is 0.522 bits per heavy atom. The predicted molar refractivity (Wildman–Crippen MR) is 199 cm³/mol. The van der Waals surface area contributed by atoms with Gasteiger partial charge in [-0.15, -0.1) is 0 Å². The molecule has 0 bridgehead atoms. The molecule has 0 aromatic rings. The first kappa shape index (κ1) is 55.1. The Morgan fingerprint density at radius 3 is 0.896 bits per heavy atom. The largest absolute Gasteiger partial charge is 0.394 e. The summed E-state index contributed by atoms with van der Waals surface area (Å²) >= 11 is 0. The fourth-order valence-corrected chi connectivity index (χ4v) is 8.42. The number of hydrogen-bond donors (Lipinski definition) is 20. The van der Waals surface area contributed by atoms with Crippen molar-refractivity contribution in [1.29, 1.82) is 0 Å². The molecule has 0 aromatic heterocycles. The summed E-state index contributed by atoms with van der Waals surface area (Å²) < 4.78 is 60.9. The third kappa shape index (κ3) is 11.4. The van der Waals surface area contributed by atoms with Gasteiger partial charge in [-0.1, -0.05) is 0 Å². The van der Waals surface area contributed by atoms with Gasteiger partial charge in [0.1, 0.15) is 146 Å². The molecule has 31 heteroatoms. The van der Waals surface area contributed by atoms with Crippen LogP contribution in [0.15, 0.2) is 0 Å². The Kier molecular flexibility index (Phi) is 19.4. The molecule has 6 saturated heterocycles. The fraction of sp³-hybridized carbons (Fsp3) is 1.00. The molecule has 31 nitrogen and oxygen atoms in total. The number of ether oxygens (including phenoxy) is 11. The monoisotopic (exact) mass is 990 g/mol. The zero-order valence-corrected chi connectivity index (χ0v) is 35.0. The minimum absolute atomic E-state index is 0.855. The van der Waals surface area contributed by atoms with Crippen LogP contribution in [0.2, 0.25) is 0 Å². The Bertz CT molecular complexity index is 1500. The molecular weight excluding hydrogens is 928 g/mol. The van der Waals surface area contributed by atoms with Crippen molar-refractivity contribution in [3.63, 3.8) is 0 Å². The lowest BCUT2D eigenvalue weighted by Crippen LogP contribution is -2.68. The van der Waals surface area contributed by atoms with Crippen LogP contribution in [-0.2, 0) is 52.1 Å². The summed E-state index contributed by atoms with van der Waals surface area (Å²) in [5.74, 6) is 0. The number of aliphatic hydroxyl groups excluding tert-OH is 20. The summed E-state index contributed by atoms with van der Waals surface area (Å²) in [4.78, 5) is 0. The lowest BCUT2D eigenvalue weighted by Gasteiger charge is -2.49. The average molecular weight is 991 g/mol. The summed E-state index contributed by atoms with van der Waals surface area (Å²) in [6.07, 6.45) is -57.2. The first-order valence-electron chi connectivity index (χ1n) is 21.1. The van der Waals surface area contributed by atoms with E-state index in [-0.39, 0.29) is 0 Å². The molecule has 392 valence electrons. The van der Waals surface area contributed by atoms with Crippen LogP contribution in [0, 0.1) is 0 Å². The zero-order valence-electron chi connectivity index (χ0n) is 35.0. The van der Waals surface area contributed by atoms with E-state index in [1.807, 2.05) is 0 Å². The second kappa shape index (κ2) is 23.5. The Morgan fingerprint density at radius 1 is 0.254 bits per heavy atom. The lowest BCUT2D eigenvalue weighted by atomic mass is 9.95. The van der Waals surface area contributed by atoms with Crippen LogP contribution in [0.3, 0.4) is 0 Å². The van der Waals surface area contributed by atoms with Gasteiger partial charge in [-0.25, -0.2) is 0 Å². The molecule has 0 aliphatic carbocycles. The Labute approximate surface area is 378 Å². The van der Waals surface area contributed by atoms with E-state index in [4.69, 9.17) is 52.1 Å². The first-order chi connectivity index (χ1) is 31.7. The van der Waals surface area contributed by atoms with Crippen molar-refractivity contribution < 1.29 is 154 Å². The average Bonchev–Trinajstić information content (AvgIpc) is 3.32. The van der Waals surface area contributed by atoms with E-state index >= 15 is 0 Å². The maximum absolute atomic E-state index is 11.4. The maximum atomic E-state index is 11.4. The van der Waals surface area contributed by atoms with E-state index in [1.165, 1.54) is 0 Å². The molecule has 6 rings (SSSR count). The van der Waals surface area contributed by atoms with Crippen molar-refractivity contribution in [3.05, 3.63) is 0 Å². The number of rotatable bonds is 16. The van der Waals surface area contributed by atoms with Crippen molar-refractivity contribution in [2.24, 2.45) is 0 Å². The minimum Gasteiger partial charge on any atom is -0.394 e. The van der Waals surface area contributed by atoms with E-state index < -0.39 is 224 Å². The second-order valence-corrected chi connectivity index (χ2v) is 16.8. The van der Waals surface area contributed by atoms with Crippen molar-refractivity contribution >= 4 is 0 Å². The van der Waals surface area contributed by atoms with Gasteiger partial charge in [0.15, 0.2) is 37.7 Å². The Balaban J connectivity index is 1.16. The van der Waals surface area contributed by atoms with Crippen molar-refractivity contribution in [2.75, 3.05) is 39.6 Å². The van der Waals surface area contributed by atoms with Gasteiger partial charge >= 0.3 is 0 Å². The van der Waals surface area contributed by atoms with Gasteiger partial charge < -0.3 is 154 Å². The summed E-state index contributed by atoms with van der Waals surface area (Å²) in [7, 11) is 0. The van der Waals surface area contributed by atoms with Gasteiger partial charge in [0.2, 0.25) is 0 Å². The van der Waals surface area contributed by atoms with Gasteiger partial charge in [0.05, 0.1) is 39.6 Å². The third-order valence-electron chi connectivity index (χ3n) is 12.4. The molecule has 67 heavy (non-hydrogen) atoms. The highest BCUT2D eigenvalue weighted by molar-refractivity contribution is 4.99. The van der Waals surface area contributed by atoms with Crippen molar-refractivity contribution in [2.45, 2.75) is 184 Å². The topological polar surface area (TPSA) is 506 Å². The molecule has 0 saturated carbocycles. The molecule has 0 radical (unpaired) electrons. The first-order valence-corrected chi connectivity index (χ1v) is 21.1. The van der Waals surface area contributed by atoms with E-state index in [2.05, 4.69) is 0 Å². The third-order valence-corrected chi connectivity index (χ3v) is 12.4. The molecule has 20 N–H and O–H groups in total. The Hall–Kier alpha value is -1.24. The van der Waals surface area contributed by atoms with Gasteiger partial charge in [0, 0.05) is 0 Å². The normalized spacial score (nSPS) is 53.4. The summed E-state index contributed by atoms with van der Waals surface area (Å²) in [5, 5.41) is 209. The number of aliphatic hydroxyl groups is 20. The standard InChI is InChI=1S/C36H62O31/c37-1-7-13(42)15(44)22(51)32(59-7)57-6-12-30(67-33-23(52)16(45)14(43)8(2-38)60-33)20(49)26(55)36(63-12)66-29-11(5-41)62-35(25(54)19(29)48)65-28-10(4-40)61-34(24(53)18(28)47)64-27-9(3-39)58-31(56)21(50)17(27)46/h7-56H,1-6H2/t7-,8-,9-,10-,11-,12-,13-,14-,15+,16+,17-,18-,19-,20-,21-,22-,23-,24-,25-,26-,27-,28-,29-,30-,31+,32+,33-,34-,35-,36-/m1/s1. The van der Waals surface area contributed by atoms with Crippen LogP contribution in [-0.4, -0.2) is 326 Å². The van der Waals surface area contributed by atoms with Gasteiger partial charge in [-0.05, 0) is 0 Å². The molecular formula is C36H62O31. The predicted octanol–water partition coefficient (Wildman–Crippen LogP) is -14.1. The SMILES string of the molecule is OC[C@H]1O[C@H](OC[C@H]2O[C@H](O[C@H]3[C@H](O)[C@@H](O)[C@@H](O[C@H]4[C@H](O)[C@@H](O)[C@@H](O[C@H]5[C@H](O)[C@@H](O)[C@@H](O)O[C@@H]5CO)O[C@@H]4CO)O[C@@H]3CO)[C@H](O)[C@@H](O)[C@@H]2O[C@H]2O[C@H](CO)[C@@H](O)[C@H](O)[C@H]2O)[C@H](O)[C@@H](O)[C@@H]1O. The molecule has 6 fully saturated rings. The summed E-state index contributed by atoms with van der Waals surface area (Å²) in [6.45, 7) is -5.55. The highest BCUT2D eigenvalue weighted by Crippen LogP contribution is 2.36. The van der Waals surface area contributed by atoms with Crippen molar-refractivity contribution in [3.8, 4) is 0 Å². The molecule has 0 aromatic carbocycles. The van der Waals surface area contributed by atoms with Crippen molar-refractivity contribution in [1.82, 2.24) is 0 Å². The van der Waals surface area contributed by atoms with E-state index in [1.54, 1.807) is 0 Å². The van der Waals surface area contributed by atoms with Crippen LogP contribution in [0.5, 0.6) is 0 Å². The maximum Gasteiger partial charge on any atom is 0.187 e.